The standard InChI is InChI=1S/C15H16F3N3/c1-3-19-13-5-4-6-14(21-13)20-12-9-11(15(16,17)18)8-7-10(12)2/h4-9H,3H2,1-2H3,(H2,19,20,21). The minimum Gasteiger partial charge on any atom is -0.370 e. The topological polar surface area (TPSA) is 37.0 Å². The first-order chi connectivity index (χ1) is 9.90. The molecule has 0 aliphatic carbocycles. The molecule has 0 aliphatic heterocycles. The molecule has 6 heteroatoms. The van der Waals surface area contributed by atoms with Crippen LogP contribution in [0.15, 0.2) is 36.4 Å². The minimum absolute atomic E-state index is 0.394. The number of hydrogen-bond acceptors (Lipinski definition) is 3. The average Bonchev–Trinajstić information content (AvgIpc) is 2.41. The molecule has 1 heterocycles. The maximum absolute atomic E-state index is 12.7. The lowest BCUT2D eigenvalue weighted by Gasteiger charge is -2.13. The molecule has 1 aromatic carbocycles. The Morgan fingerprint density at radius 1 is 1.10 bits per heavy atom. The van der Waals surface area contributed by atoms with E-state index < -0.39 is 11.7 Å². The largest absolute Gasteiger partial charge is 0.416 e. The molecule has 2 aromatic rings. The lowest BCUT2D eigenvalue weighted by Crippen LogP contribution is -2.07. The monoisotopic (exact) mass is 295 g/mol. The number of nitrogens with zero attached hydrogens (tertiary/aromatic N) is 1. The number of rotatable bonds is 4. The van der Waals surface area contributed by atoms with Gasteiger partial charge in [-0.05, 0) is 43.7 Å². The highest BCUT2D eigenvalue weighted by molar-refractivity contribution is 5.62. The van der Waals surface area contributed by atoms with E-state index >= 15 is 0 Å². The number of aromatic nitrogens is 1. The van der Waals surface area contributed by atoms with E-state index in [1.165, 1.54) is 6.07 Å². The van der Waals surface area contributed by atoms with Crippen LogP contribution in [0.1, 0.15) is 18.1 Å². The van der Waals surface area contributed by atoms with Gasteiger partial charge in [0.15, 0.2) is 0 Å². The molecule has 21 heavy (non-hydrogen) atoms. The van der Waals surface area contributed by atoms with E-state index in [9.17, 15) is 13.2 Å². The number of alkyl halides is 3. The number of anilines is 3. The molecule has 0 amide bonds. The molecular weight excluding hydrogens is 279 g/mol. The maximum atomic E-state index is 12.7. The summed E-state index contributed by atoms with van der Waals surface area (Å²) in [6.45, 7) is 4.41. The van der Waals surface area contributed by atoms with E-state index in [1.807, 2.05) is 6.92 Å². The summed E-state index contributed by atoms with van der Waals surface area (Å²) in [5.74, 6) is 1.17. The molecular formula is C15H16F3N3. The summed E-state index contributed by atoms with van der Waals surface area (Å²) in [5.41, 5.74) is 0.433. The highest BCUT2D eigenvalue weighted by Gasteiger charge is 2.30. The summed E-state index contributed by atoms with van der Waals surface area (Å²) >= 11 is 0. The van der Waals surface area contributed by atoms with Crippen LogP contribution in [0.25, 0.3) is 0 Å². The van der Waals surface area contributed by atoms with Gasteiger partial charge in [-0.2, -0.15) is 13.2 Å². The second-order valence-electron chi connectivity index (χ2n) is 4.59. The van der Waals surface area contributed by atoms with Crippen LogP contribution in [0, 0.1) is 6.92 Å². The van der Waals surface area contributed by atoms with E-state index in [1.54, 1.807) is 25.1 Å². The van der Waals surface area contributed by atoms with Gasteiger partial charge in [-0.15, -0.1) is 0 Å². The zero-order valence-electron chi connectivity index (χ0n) is 11.8. The normalized spacial score (nSPS) is 11.3. The Kier molecular flexibility index (Phi) is 4.35. The summed E-state index contributed by atoms with van der Waals surface area (Å²) in [4.78, 5) is 4.29. The van der Waals surface area contributed by atoms with E-state index in [2.05, 4.69) is 15.6 Å². The maximum Gasteiger partial charge on any atom is 0.416 e. The molecule has 0 saturated heterocycles. The Morgan fingerprint density at radius 3 is 2.48 bits per heavy atom. The molecule has 0 radical (unpaired) electrons. The molecule has 2 N–H and O–H groups in total. The first kappa shape index (κ1) is 15.2. The molecule has 0 fully saturated rings. The molecule has 0 bridgehead atoms. The van der Waals surface area contributed by atoms with E-state index in [0.717, 1.165) is 24.2 Å². The molecule has 0 saturated carbocycles. The van der Waals surface area contributed by atoms with Crippen molar-refractivity contribution in [2.75, 3.05) is 17.2 Å². The zero-order valence-corrected chi connectivity index (χ0v) is 11.8. The zero-order chi connectivity index (χ0) is 15.5. The lowest BCUT2D eigenvalue weighted by atomic mass is 10.1. The van der Waals surface area contributed by atoms with Gasteiger partial charge in [0, 0.05) is 12.2 Å². The van der Waals surface area contributed by atoms with Crippen molar-refractivity contribution in [3.63, 3.8) is 0 Å². The number of pyridine rings is 1. The minimum atomic E-state index is -4.36. The van der Waals surface area contributed by atoms with Crippen LogP contribution in [-0.4, -0.2) is 11.5 Å². The Hall–Kier alpha value is -2.24. The third kappa shape index (κ3) is 3.87. The van der Waals surface area contributed by atoms with Gasteiger partial charge in [-0.1, -0.05) is 12.1 Å². The first-order valence-electron chi connectivity index (χ1n) is 6.56. The molecule has 2 rings (SSSR count). The van der Waals surface area contributed by atoms with Crippen molar-refractivity contribution in [2.24, 2.45) is 0 Å². The molecule has 0 atom stereocenters. The Labute approximate surface area is 121 Å². The van der Waals surface area contributed by atoms with Crippen molar-refractivity contribution in [3.8, 4) is 0 Å². The van der Waals surface area contributed by atoms with Crippen molar-refractivity contribution in [1.29, 1.82) is 0 Å². The number of nitrogens with one attached hydrogen (secondary N) is 2. The Bertz CT molecular complexity index is 624. The Balaban J connectivity index is 2.28. The SMILES string of the molecule is CCNc1cccc(Nc2cc(C(F)(F)F)ccc2C)n1. The van der Waals surface area contributed by atoms with Crippen LogP contribution >= 0.6 is 0 Å². The summed E-state index contributed by atoms with van der Waals surface area (Å²) in [7, 11) is 0. The lowest BCUT2D eigenvalue weighted by molar-refractivity contribution is -0.137. The molecule has 0 spiro atoms. The average molecular weight is 295 g/mol. The third-order valence-corrected chi connectivity index (χ3v) is 2.93. The van der Waals surface area contributed by atoms with E-state index in [-0.39, 0.29) is 0 Å². The molecule has 0 unspecified atom stereocenters. The second kappa shape index (κ2) is 6.03. The van der Waals surface area contributed by atoms with Crippen LogP contribution in [0.3, 0.4) is 0 Å². The van der Waals surface area contributed by atoms with Crippen molar-refractivity contribution >= 4 is 17.3 Å². The van der Waals surface area contributed by atoms with Gasteiger partial charge in [-0.25, -0.2) is 4.98 Å². The van der Waals surface area contributed by atoms with E-state index in [4.69, 9.17) is 0 Å². The number of benzene rings is 1. The van der Waals surface area contributed by atoms with Crippen LogP contribution in [-0.2, 0) is 6.18 Å². The van der Waals surface area contributed by atoms with Crippen LogP contribution in [0.2, 0.25) is 0 Å². The summed E-state index contributed by atoms with van der Waals surface area (Å²) in [6, 6.07) is 8.91. The smallest absolute Gasteiger partial charge is 0.370 e. The van der Waals surface area contributed by atoms with Gasteiger partial charge in [-0.3, -0.25) is 0 Å². The Morgan fingerprint density at radius 2 is 1.81 bits per heavy atom. The third-order valence-electron chi connectivity index (χ3n) is 2.93. The molecule has 3 nitrogen and oxygen atoms in total. The van der Waals surface area contributed by atoms with Crippen LogP contribution < -0.4 is 10.6 Å². The van der Waals surface area contributed by atoms with Crippen molar-refractivity contribution < 1.29 is 13.2 Å². The molecule has 1 aromatic heterocycles. The first-order valence-corrected chi connectivity index (χ1v) is 6.56. The van der Waals surface area contributed by atoms with Crippen molar-refractivity contribution in [2.45, 2.75) is 20.0 Å². The predicted octanol–water partition coefficient (Wildman–Crippen LogP) is 4.58. The van der Waals surface area contributed by atoms with Crippen LogP contribution in [0.4, 0.5) is 30.5 Å². The quantitative estimate of drug-likeness (QED) is 0.866. The van der Waals surface area contributed by atoms with Gasteiger partial charge in [0.25, 0.3) is 0 Å². The predicted molar refractivity (Wildman–Crippen MR) is 77.9 cm³/mol. The summed E-state index contributed by atoms with van der Waals surface area (Å²) in [6.07, 6.45) is -4.36. The van der Waals surface area contributed by atoms with E-state index in [0.29, 0.717) is 17.3 Å². The van der Waals surface area contributed by atoms with Crippen LogP contribution in [0.5, 0.6) is 0 Å². The fourth-order valence-corrected chi connectivity index (χ4v) is 1.85. The summed E-state index contributed by atoms with van der Waals surface area (Å²) < 4.78 is 38.2. The highest BCUT2D eigenvalue weighted by Crippen LogP contribution is 2.32. The van der Waals surface area contributed by atoms with Gasteiger partial charge in [0.1, 0.15) is 11.6 Å². The van der Waals surface area contributed by atoms with Gasteiger partial charge < -0.3 is 10.6 Å². The van der Waals surface area contributed by atoms with Gasteiger partial charge >= 0.3 is 6.18 Å². The fourth-order valence-electron chi connectivity index (χ4n) is 1.85. The van der Waals surface area contributed by atoms with Gasteiger partial charge in [0.05, 0.1) is 5.56 Å². The highest BCUT2D eigenvalue weighted by atomic mass is 19.4. The molecule has 0 aliphatic rings. The second-order valence-corrected chi connectivity index (χ2v) is 4.59. The number of hydrogen-bond donors (Lipinski definition) is 2. The van der Waals surface area contributed by atoms with Crippen molar-refractivity contribution in [1.82, 2.24) is 4.98 Å². The van der Waals surface area contributed by atoms with Gasteiger partial charge in [0.2, 0.25) is 0 Å². The molecule has 112 valence electrons. The fraction of sp³-hybridized carbons (Fsp3) is 0.267. The number of aryl methyl sites for hydroxylation is 1. The summed E-state index contributed by atoms with van der Waals surface area (Å²) in [5, 5.41) is 5.99. The number of halogens is 3. The van der Waals surface area contributed by atoms with Crippen molar-refractivity contribution in [3.05, 3.63) is 47.5 Å².